The Kier molecular flexibility index (Phi) is 12.5. The summed E-state index contributed by atoms with van der Waals surface area (Å²) >= 11 is 0. The van der Waals surface area contributed by atoms with Gasteiger partial charge in [-0.1, -0.05) is 139 Å². The molecule has 2 heterocycles. The largest absolute Gasteiger partial charge is 3.00 e. The molecule has 0 saturated heterocycles. The zero-order chi connectivity index (χ0) is 43.3. The summed E-state index contributed by atoms with van der Waals surface area (Å²) in [7, 11) is -1.31. The van der Waals surface area contributed by atoms with Crippen molar-refractivity contribution in [1.82, 2.24) is 9.55 Å². The molecule has 0 aliphatic heterocycles. The van der Waals surface area contributed by atoms with Gasteiger partial charge in [0.05, 0.1) is 22.4 Å². The summed E-state index contributed by atoms with van der Waals surface area (Å²) in [5.41, 5.74) is 12.3. The van der Waals surface area contributed by atoms with E-state index in [0.717, 1.165) is 56.3 Å². The Hall–Kier alpha value is -5.58. The fourth-order valence-electron chi connectivity index (χ4n) is 9.16. The standard InChI is InChI=1S/C39H31N2O.C19H24Si.Ir/c1-23(2)27-13-9-14-28(24(3)4)37(27)41-35-18-8-7-17-34(35)40-39(41)31-16-10-15-30-33-21-26-20-19-25-11-5-6-12-29(25)32(26)22-36(33)42-38(30)31;1-15(2)13-18-14-17(16-9-7-6-8-10-16)11-12-19(18)20(3,4)5;/h5-15,17-24H,1-4H3;6-9,12,14-15H,13H2,1-5H3;/q-1;-2;+3. The summed E-state index contributed by atoms with van der Waals surface area (Å²) in [5, 5.41) is 8.60. The van der Waals surface area contributed by atoms with Crippen LogP contribution in [0.2, 0.25) is 19.6 Å². The Morgan fingerprint density at radius 3 is 2.05 bits per heavy atom. The van der Waals surface area contributed by atoms with Gasteiger partial charge in [-0.25, -0.2) is 11.1 Å². The van der Waals surface area contributed by atoms with Crippen LogP contribution in [0.3, 0.4) is 0 Å². The summed E-state index contributed by atoms with van der Waals surface area (Å²) in [6.45, 7) is 20.9. The van der Waals surface area contributed by atoms with Gasteiger partial charge in [-0.2, -0.15) is 42.5 Å². The van der Waals surface area contributed by atoms with Crippen LogP contribution in [-0.4, -0.2) is 17.6 Å². The first-order valence-corrected chi connectivity index (χ1v) is 25.7. The maximum Gasteiger partial charge on any atom is 3.00 e. The van der Waals surface area contributed by atoms with E-state index >= 15 is 0 Å². The molecule has 0 N–H and O–H groups in total. The minimum absolute atomic E-state index is 0. The van der Waals surface area contributed by atoms with Gasteiger partial charge in [0.2, 0.25) is 0 Å². The van der Waals surface area contributed by atoms with Gasteiger partial charge in [0.1, 0.15) is 5.58 Å². The predicted octanol–water partition coefficient (Wildman–Crippen LogP) is 15.6. The van der Waals surface area contributed by atoms with Crippen molar-refractivity contribution in [2.45, 2.75) is 79.4 Å². The molecule has 0 aliphatic carbocycles. The van der Waals surface area contributed by atoms with Gasteiger partial charge in [-0.3, -0.25) is 4.98 Å². The Morgan fingerprint density at radius 1 is 0.619 bits per heavy atom. The number of benzene rings is 8. The van der Waals surface area contributed by atoms with Gasteiger partial charge in [0.25, 0.3) is 0 Å². The first-order valence-electron chi connectivity index (χ1n) is 22.2. The molecule has 0 atom stereocenters. The molecule has 0 bridgehead atoms. The monoisotopic (exact) mass is 1020 g/mol. The number of hydrogen-bond acceptors (Lipinski definition) is 2. The molecule has 0 saturated carbocycles. The minimum atomic E-state index is -1.31. The zero-order valence-corrected chi connectivity index (χ0v) is 41.2. The topological polar surface area (TPSA) is 31.0 Å². The third kappa shape index (κ3) is 8.47. The van der Waals surface area contributed by atoms with E-state index in [2.05, 4.69) is 205 Å². The quantitative estimate of drug-likeness (QED) is 0.0863. The normalized spacial score (nSPS) is 11.9. The molecule has 8 aromatic carbocycles. The van der Waals surface area contributed by atoms with Crippen molar-refractivity contribution in [3.63, 3.8) is 0 Å². The van der Waals surface area contributed by atoms with Crippen LogP contribution in [0.25, 0.3) is 82.7 Å². The molecule has 0 spiro atoms. The van der Waals surface area contributed by atoms with E-state index in [-0.39, 0.29) is 20.1 Å². The van der Waals surface area contributed by atoms with Gasteiger partial charge in [-0.05, 0) is 81.1 Å². The van der Waals surface area contributed by atoms with E-state index in [1.54, 1.807) is 5.19 Å². The van der Waals surface area contributed by atoms with Crippen LogP contribution in [0.1, 0.15) is 70.1 Å². The summed E-state index contributed by atoms with van der Waals surface area (Å²) in [6, 6.07) is 59.7. The molecule has 3 nitrogen and oxygen atoms in total. The number of hydrogen-bond donors (Lipinski definition) is 0. The number of nitrogens with zero attached hydrogens (tertiary/aromatic N) is 2. The van der Waals surface area contributed by atoms with E-state index in [1.165, 1.54) is 49.5 Å². The van der Waals surface area contributed by atoms with Crippen LogP contribution in [0.15, 0.2) is 144 Å². The molecule has 0 amide bonds. The number of para-hydroxylation sites is 3. The smallest absolute Gasteiger partial charge is 0.501 e. The van der Waals surface area contributed by atoms with E-state index in [9.17, 15) is 0 Å². The van der Waals surface area contributed by atoms with Gasteiger partial charge in [-0.15, -0.1) is 35.0 Å². The van der Waals surface area contributed by atoms with Crippen LogP contribution in [0.4, 0.5) is 0 Å². The van der Waals surface area contributed by atoms with Gasteiger partial charge < -0.3 is 8.98 Å². The van der Waals surface area contributed by atoms with Crippen molar-refractivity contribution in [2.24, 2.45) is 5.92 Å². The van der Waals surface area contributed by atoms with E-state index < -0.39 is 8.07 Å². The Balaban J connectivity index is 0.000000219. The second kappa shape index (κ2) is 17.9. The molecule has 0 aliphatic rings. The molecule has 5 heteroatoms. The second-order valence-corrected chi connectivity index (χ2v) is 23.9. The van der Waals surface area contributed by atoms with Crippen molar-refractivity contribution >= 4 is 67.8 Å². The predicted molar refractivity (Wildman–Crippen MR) is 267 cm³/mol. The average molecular weight is 1020 g/mol. The Labute approximate surface area is 387 Å². The maximum absolute atomic E-state index is 6.75. The summed E-state index contributed by atoms with van der Waals surface area (Å²) in [4.78, 5) is 5.25. The van der Waals surface area contributed by atoms with Crippen molar-refractivity contribution in [2.75, 3.05) is 0 Å². The number of furan rings is 1. The Morgan fingerprint density at radius 2 is 1.33 bits per heavy atom. The summed E-state index contributed by atoms with van der Waals surface area (Å²) < 4.78 is 9.10. The first kappa shape index (κ1) is 44.0. The molecule has 0 unspecified atom stereocenters. The second-order valence-electron chi connectivity index (χ2n) is 18.8. The van der Waals surface area contributed by atoms with Crippen LogP contribution in [-0.2, 0) is 26.5 Å². The fraction of sp³-hybridized carbons (Fsp3) is 0.224. The molecular weight excluding hydrogens is 961 g/mol. The molecular formula is C58H55IrN2OSi. The van der Waals surface area contributed by atoms with Gasteiger partial charge >= 0.3 is 20.1 Å². The van der Waals surface area contributed by atoms with Crippen LogP contribution < -0.4 is 5.19 Å². The third-order valence-electron chi connectivity index (χ3n) is 12.1. The minimum Gasteiger partial charge on any atom is -0.501 e. The van der Waals surface area contributed by atoms with E-state index in [0.29, 0.717) is 17.8 Å². The summed E-state index contributed by atoms with van der Waals surface area (Å²) in [5.74, 6) is 2.23. The zero-order valence-electron chi connectivity index (χ0n) is 37.9. The fourth-order valence-corrected chi connectivity index (χ4v) is 10.8. The summed E-state index contributed by atoms with van der Waals surface area (Å²) in [6.07, 6.45) is 1.15. The van der Waals surface area contributed by atoms with Gasteiger partial charge in [0.15, 0.2) is 0 Å². The molecule has 2 aromatic heterocycles. The average Bonchev–Trinajstić information content (AvgIpc) is 3.83. The van der Waals surface area contributed by atoms with Gasteiger partial charge in [0, 0.05) is 19.1 Å². The number of imidazole rings is 1. The number of aromatic nitrogens is 2. The van der Waals surface area contributed by atoms with Crippen molar-refractivity contribution in [3.8, 4) is 28.2 Å². The van der Waals surface area contributed by atoms with Crippen molar-refractivity contribution in [3.05, 3.63) is 174 Å². The van der Waals surface area contributed by atoms with Crippen LogP contribution in [0, 0.1) is 24.1 Å². The van der Waals surface area contributed by atoms with Crippen LogP contribution >= 0.6 is 0 Å². The van der Waals surface area contributed by atoms with Crippen LogP contribution in [0.5, 0.6) is 0 Å². The maximum atomic E-state index is 6.75. The molecule has 316 valence electrons. The SMILES string of the molecule is CC(C)Cc1cc(-c2[c-]cccc2)[c-]cc1[Si](C)(C)C.CC(C)c1cccc(C(C)C)c1-n1c(-c2[c-]ccc3c2oc2cc4c(ccc5ccccc54)cc23)nc2ccccc21.[Ir+3]. The van der Waals surface area contributed by atoms with Crippen molar-refractivity contribution < 1.29 is 24.5 Å². The molecule has 63 heavy (non-hydrogen) atoms. The number of rotatable bonds is 8. The first-order chi connectivity index (χ1) is 29.9. The van der Waals surface area contributed by atoms with E-state index in [1.807, 2.05) is 18.2 Å². The Bertz CT molecular complexity index is 3210. The number of fused-ring (bicyclic) bond motifs is 7. The molecule has 10 rings (SSSR count). The molecule has 0 fully saturated rings. The molecule has 10 aromatic rings. The third-order valence-corrected chi connectivity index (χ3v) is 14.2. The van der Waals surface area contributed by atoms with Crippen molar-refractivity contribution in [1.29, 1.82) is 0 Å². The van der Waals surface area contributed by atoms with E-state index in [4.69, 9.17) is 9.40 Å². The molecule has 0 radical (unpaired) electrons.